The molecule has 1 aliphatic carbocycles. The summed E-state index contributed by atoms with van der Waals surface area (Å²) in [5.41, 5.74) is 2.41. The summed E-state index contributed by atoms with van der Waals surface area (Å²) < 4.78 is 28.0. The first-order valence-electron chi connectivity index (χ1n) is 20.6. The first kappa shape index (κ1) is 43.6. The molecule has 0 N–H and O–H groups in total. The molecule has 0 aromatic heterocycles. The monoisotopic (exact) mass is 788 g/mol. The van der Waals surface area contributed by atoms with Gasteiger partial charge in [0, 0.05) is 6.42 Å². The fourth-order valence-electron chi connectivity index (χ4n) is 7.17. The van der Waals surface area contributed by atoms with Crippen LogP contribution in [-0.4, -0.2) is 36.6 Å². The van der Waals surface area contributed by atoms with Crippen LogP contribution in [0.3, 0.4) is 0 Å². The molecule has 0 radical (unpaired) electrons. The average molecular weight is 789 g/mol. The lowest BCUT2D eigenvalue weighted by Gasteiger charge is -2.36. The Labute approximate surface area is 342 Å². The number of rotatable bonds is 20. The SMILES string of the molecule is C=CCCCCCCCCC(=O)Oc1ccc(C(=O)Oc2ccc(OC(=O)c3ccc(-c4ccc(OC(=O)COC5CC(C)CCC5C(C)C)cc4)cc3)cc2)cc1. The molecule has 0 aliphatic heterocycles. The topological polar surface area (TPSA) is 114 Å². The minimum Gasteiger partial charge on any atom is -0.427 e. The van der Waals surface area contributed by atoms with Crippen molar-refractivity contribution in [3.05, 3.63) is 121 Å². The third-order valence-electron chi connectivity index (χ3n) is 10.5. The molecule has 1 aliphatic rings. The van der Waals surface area contributed by atoms with Gasteiger partial charge in [0.25, 0.3) is 0 Å². The number of hydrogen-bond donors (Lipinski definition) is 0. The smallest absolute Gasteiger partial charge is 0.343 e. The van der Waals surface area contributed by atoms with Crippen molar-refractivity contribution in [3.8, 4) is 34.1 Å². The molecule has 0 heterocycles. The van der Waals surface area contributed by atoms with Gasteiger partial charge in [-0.1, -0.05) is 83.2 Å². The summed E-state index contributed by atoms with van der Waals surface area (Å²) in [5, 5.41) is 0. The second-order valence-electron chi connectivity index (χ2n) is 15.4. The van der Waals surface area contributed by atoms with Crippen LogP contribution in [0.5, 0.6) is 23.0 Å². The third-order valence-corrected chi connectivity index (χ3v) is 10.5. The van der Waals surface area contributed by atoms with Gasteiger partial charge in [0.1, 0.15) is 29.6 Å². The van der Waals surface area contributed by atoms with Crippen LogP contribution in [-0.2, 0) is 14.3 Å². The highest BCUT2D eigenvalue weighted by molar-refractivity contribution is 5.92. The lowest BCUT2D eigenvalue weighted by Crippen LogP contribution is -2.36. The highest BCUT2D eigenvalue weighted by Crippen LogP contribution is 2.35. The molecule has 1 saturated carbocycles. The Morgan fingerprint density at radius 3 is 1.60 bits per heavy atom. The summed E-state index contributed by atoms with van der Waals surface area (Å²) in [7, 11) is 0. The average Bonchev–Trinajstić information content (AvgIpc) is 3.22. The van der Waals surface area contributed by atoms with E-state index >= 15 is 0 Å². The largest absolute Gasteiger partial charge is 0.427 e. The molecule has 4 aromatic carbocycles. The van der Waals surface area contributed by atoms with E-state index in [0.29, 0.717) is 46.8 Å². The summed E-state index contributed by atoms with van der Waals surface area (Å²) in [6, 6.07) is 26.5. The quantitative estimate of drug-likeness (QED) is 0.0373. The maximum atomic E-state index is 12.9. The van der Waals surface area contributed by atoms with Gasteiger partial charge in [0.05, 0.1) is 17.2 Å². The molecule has 306 valence electrons. The van der Waals surface area contributed by atoms with E-state index in [1.165, 1.54) is 25.0 Å². The molecule has 3 unspecified atom stereocenters. The van der Waals surface area contributed by atoms with E-state index in [0.717, 1.165) is 62.5 Å². The molecule has 0 spiro atoms. The predicted molar refractivity (Wildman–Crippen MR) is 224 cm³/mol. The lowest BCUT2D eigenvalue weighted by molar-refractivity contribution is -0.145. The Kier molecular flexibility index (Phi) is 16.8. The normalized spacial score (nSPS) is 16.3. The standard InChI is InChI=1S/C49H56O9/c1-5-6-7-8-9-10-11-12-13-46(50)55-40-25-21-39(22-26-40)49(53)58-43-29-27-42(28-30-43)57-48(52)38-17-15-36(16-18-38)37-19-23-41(24-20-37)56-47(51)33-54-45-32-35(4)14-31-44(45)34(2)3/h5,15-30,34-35,44-45H,1,6-14,31-33H2,2-4H3. The maximum Gasteiger partial charge on any atom is 0.343 e. The van der Waals surface area contributed by atoms with Crippen molar-refractivity contribution in [1.82, 2.24) is 0 Å². The number of unbranched alkanes of at least 4 members (excludes halogenated alkanes) is 6. The Balaban J connectivity index is 1.02. The Morgan fingerprint density at radius 1 is 0.603 bits per heavy atom. The molecule has 5 rings (SSSR count). The molecule has 9 heteroatoms. The number of carbonyl (C=O) groups excluding carboxylic acids is 4. The Morgan fingerprint density at radius 2 is 1.05 bits per heavy atom. The lowest BCUT2D eigenvalue weighted by atomic mass is 9.75. The fourth-order valence-corrected chi connectivity index (χ4v) is 7.17. The third kappa shape index (κ3) is 13.8. The number of allylic oxidation sites excluding steroid dienone is 1. The van der Waals surface area contributed by atoms with E-state index in [2.05, 4.69) is 27.4 Å². The summed E-state index contributed by atoms with van der Waals surface area (Å²) in [5.74, 6) is 1.06. The van der Waals surface area contributed by atoms with Gasteiger partial charge in [-0.15, -0.1) is 6.58 Å². The van der Waals surface area contributed by atoms with Gasteiger partial charge in [-0.25, -0.2) is 14.4 Å². The van der Waals surface area contributed by atoms with Crippen LogP contribution in [0.2, 0.25) is 0 Å². The van der Waals surface area contributed by atoms with Crippen molar-refractivity contribution in [2.45, 2.75) is 97.5 Å². The molecular weight excluding hydrogens is 733 g/mol. The van der Waals surface area contributed by atoms with Gasteiger partial charge >= 0.3 is 23.9 Å². The first-order valence-corrected chi connectivity index (χ1v) is 20.6. The second kappa shape index (κ2) is 22.4. The van der Waals surface area contributed by atoms with E-state index in [-0.39, 0.29) is 30.2 Å². The van der Waals surface area contributed by atoms with Gasteiger partial charge in [0.15, 0.2) is 0 Å². The number of carbonyl (C=O) groups is 4. The van der Waals surface area contributed by atoms with Crippen LogP contribution < -0.4 is 18.9 Å². The summed E-state index contributed by atoms with van der Waals surface area (Å²) in [6.07, 6.45) is 13.1. The molecular formula is C49H56O9. The van der Waals surface area contributed by atoms with Crippen molar-refractivity contribution < 1.29 is 42.9 Å². The van der Waals surface area contributed by atoms with Crippen LogP contribution in [0, 0.1) is 17.8 Å². The molecule has 1 fully saturated rings. The van der Waals surface area contributed by atoms with Gasteiger partial charge in [-0.3, -0.25) is 4.79 Å². The zero-order chi connectivity index (χ0) is 41.3. The highest BCUT2D eigenvalue weighted by atomic mass is 16.6. The minimum absolute atomic E-state index is 0.0710. The van der Waals surface area contributed by atoms with Crippen LogP contribution in [0.25, 0.3) is 11.1 Å². The molecule has 0 saturated heterocycles. The van der Waals surface area contributed by atoms with Crippen LogP contribution in [0.15, 0.2) is 110 Å². The molecule has 0 bridgehead atoms. The molecule has 3 atom stereocenters. The van der Waals surface area contributed by atoms with Crippen LogP contribution >= 0.6 is 0 Å². The van der Waals surface area contributed by atoms with E-state index in [1.807, 2.05) is 30.3 Å². The highest BCUT2D eigenvalue weighted by Gasteiger charge is 2.32. The number of ether oxygens (including phenoxy) is 5. The van der Waals surface area contributed by atoms with Gasteiger partial charge in [-0.2, -0.15) is 0 Å². The number of hydrogen-bond acceptors (Lipinski definition) is 9. The summed E-state index contributed by atoms with van der Waals surface area (Å²) in [6.45, 7) is 10.3. The van der Waals surface area contributed by atoms with Gasteiger partial charge in [0.2, 0.25) is 0 Å². The number of esters is 4. The summed E-state index contributed by atoms with van der Waals surface area (Å²) in [4.78, 5) is 50.4. The van der Waals surface area contributed by atoms with Crippen LogP contribution in [0.1, 0.15) is 112 Å². The second-order valence-corrected chi connectivity index (χ2v) is 15.4. The number of benzene rings is 4. The van der Waals surface area contributed by atoms with Crippen molar-refractivity contribution in [3.63, 3.8) is 0 Å². The molecule has 58 heavy (non-hydrogen) atoms. The fraction of sp³-hybridized carbons (Fsp3) is 0.388. The van der Waals surface area contributed by atoms with E-state index in [9.17, 15) is 19.2 Å². The van der Waals surface area contributed by atoms with Crippen molar-refractivity contribution in [2.24, 2.45) is 17.8 Å². The molecule has 0 amide bonds. The molecule has 9 nitrogen and oxygen atoms in total. The van der Waals surface area contributed by atoms with Crippen molar-refractivity contribution in [2.75, 3.05) is 6.61 Å². The van der Waals surface area contributed by atoms with Crippen molar-refractivity contribution >= 4 is 23.9 Å². The maximum absolute atomic E-state index is 12.9. The first-order chi connectivity index (χ1) is 28.1. The summed E-state index contributed by atoms with van der Waals surface area (Å²) >= 11 is 0. The Hall–Kier alpha value is -5.54. The van der Waals surface area contributed by atoms with E-state index < -0.39 is 17.9 Å². The zero-order valence-electron chi connectivity index (χ0n) is 34.0. The van der Waals surface area contributed by atoms with E-state index in [1.54, 1.807) is 60.7 Å². The molecule has 4 aromatic rings. The predicted octanol–water partition coefficient (Wildman–Crippen LogP) is 11.4. The van der Waals surface area contributed by atoms with Crippen molar-refractivity contribution in [1.29, 1.82) is 0 Å². The zero-order valence-corrected chi connectivity index (χ0v) is 34.0. The Bertz CT molecular complexity index is 1930. The van der Waals surface area contributed by atoms with E-state index in [4.69, 9.17) is 23.7 Å². The van der Waals surface area contributed by atoms with Gasteiger partial charge < -0.3 is 23.7 Å². The van der Waals surface area contributed by atoms with Crippen LogP contribution in [0.4, 0.5) is 0 Å². The minimum atomic E-state index is -0.583. The van der Waals surface area contributed by atoms with Gasteiger partial charge in [-0.05, 0) is 134 Å².